The van der Waals surface area contributed by atoms with Crippen LogP contribution in [-0.4, -0.2) is 20.7 Å². The van der Waals surface area contributed by atoms with Gasteiger partial charge in [-0.15, -0.1) is 11.3 Å². The molecule has 0 bridgehead atoms. The van der Waals surface area contributed by atoms with E-state index in [-0.39, 0.29) is 12.6 Å². The van der Waals surface area contributed by atoms with Gasteiger partial charge in [-0.25, -0.2) is 9.67 Å². The molecule has 6 nitrogen and oxygen atoms in total. The predicted octanol–water partition coefficient (Wildman–Crippen LogP) is 3.18. The number of rotatable bonds is 7. The topological polar surface area (TPSA) is 69.0 Å². The Morgan fingerprint density at radius 2 is 2.12 bits per heavy atom. The highest BCUT2D eigenvalue weighted by Gasteiger charge is 2.26. The van der Waals surface area contributed by atoms with Crippen LogP contribution in [0.25, 0.3) is 0 Å². The van der Waals surface area contributed by atoms with E-state index in [1.165, 1.54) is 17.8 Å². The number of amides is 1. The van der Waals surface area contributed by atoms with Crippen molar-refractivity contribution in [2.75, 3.05) is 0 Å². The van der Waals surface area contributed by atoms with Crippen LogP contribution in [0.15, 0.2) is 48.0 Å². The largest absolute Gasteiger partial charge is 0.471 e. The van der Waals surface area contributed by atoms with Gasteiger partial charge in [0.25, 0.3) is 5.91 Å². The molecule has 128 valence electrons. The summed E-state index contributed by atoms with van der Waals surface area (Å²) < 4.78 is 7.20. The molecular weight excluding hydrogens is 336 g/mol. The molecule has 0 radical (unpaired) electrons. The van der Waals surface area contributed by atoms with E-state index in [0.29, 0.717) is 18.2 Å². The molecule has 1 saturated carbocycles. The van der Waals surface area contributed by atoms with Crippen LogP contribution < -0.4 is 10.1 Å². The molecular formula is C18H18N4O2S. The second-order valence-electron chi connectivity index (χ2n) is 5.96. The normalized spacial score (nSPS) is 13.6. The summed E-state index contributed by atoms with van der Waals surface area (Å²) in [5.41, 5.74) is 1.28. The number of hydrogen-bond donors (Lipinski definition) is 1. The van der Waals surface area contributed by atoms with Crippen LogP contribution in [0.5, 0.6) is 5.75 Å². The Hall–Kier alpha value is -2.67. The molecule has 1 fully saturated rings. The molecule has 0 atom stereocenters. The van der Waals surface area contributed by atoms with Crippen molar-refractivity contribution < 1.29 is 9.53 Å². The van der Waals surface area contributed by atoms with Gasteiger partial charge in [-0.1, -0.05) is 18.2 Å². The molecule has 0 saturated heterocycles. The van der Waals surface area contributed by atoms with Crippen LogP contribution in [0.1, 0.15) is 39.9 Å². The summed E-state index contributed by atoms with van der Waals surface area (Å²) in [6, 6.07) is 11.2. The standard InChI is InChI=1S/C18H18N4O2S/c23-17(19-10-14-11-25-18(20-14)13-6-7-13)16-8-9-22(21-16)12-24-15-4-2-1-3-5-15/h1-5,8-9,11,13H,6-7,10,12H2,(H,19,23). The highest BCUT2D eigenvalue weighted by atomic mass is 32.1. The summed E-state index contributed by atoms with van der Waals surface area (Å²) in [4.78, 5) is 16.8. The molecule has 0 aliphatic heterocycles. The van der Waals surface area contributed by atoms with Gasteiger partial charge in [-0.05, 0) is 31.0 Å². The average Bonchev–Trinajstić information content (AvgIpc) is 3.20. The molecule has 0 spiro atoms. The van der Waals surface area contributed by atoms with E-state index in [1.807, 2.05) is 35.7 Å². The summed E-state index contributed by atoms with van der Waals surface area (Å²) >= 11 is 1.68. The fourth-order valence-electron chi connectivity index (χ4n) is 2.40. The minimum absolute atomic E-state index is 0.209. The maximum Gasteiger partial charge on any atom is 0.272 e. The number of para-hydroxylation sites is 1. The lowest BCUT2D eigenvalue weighted by atomic mass is 10.3. The van der Waals surface area contributed by atoms with Crippen molar-refractivity contribution in [3.63, 3.8) is 0 Å². The summed E-state index contributed by atoms with van der Waals surface area (Å²) in [5, 5.41) is 10.3. The Morgan fingerprint density at radius 3 is 2.92 bits per heavy atom. The highest BCUT2D eigenvalue weighted by Crippen LogP contribution is 2.41. The molecule has 0 unspecified atom stereocenters. The van der Waals surface area contributed by atoms with E-state index >= 15 is 0 Å². The molecule has 2 aromatic heterocycles. The molecule has 4 rings (SSSR count). The average molecular weight is 354 g/mol. The molecule has 1 amide bonds. The zero-order valence-electron chi connectivity index (χ0n) is 13.6. The monoisotopic (exact) mass is 354 g/mol. The SMILES string of the molecule is O=C(NCc1csc(C2CC2)n1)c1ccn(COc2ccccc2)n1. The number of hydrogen-bond acceptors (Lipinski definition) is 5. The minimum atomic E-state index is -0.209. The van der Waals surface area contributed by atoms with Crippen LogP contribution in [0.2, 0.25) is 0 Å². The number of benzene rings is 1. The third-order valence-electron chi connectivity index (χ3n) is 3.91. The summed E-state index contributed by atoms with van der Waals surface area (Å²) in [5.74, 6) is 1.20. The third-order valence-corrected chi connectivity index (χ3v) is 4.96. The first kappa shape index (κ1) is 15.8. The molecule has 1 aliphatic rings. The van der Waals surface area contributed by atoms with Crippen LogP contribution in [-0.2, 0) is 13.3 Å². The zero-order valence-corrected chi connectivity index (χ0v) is 14.4. The first-order valence-electron chi connectivity index (χ1n) is 8.22. The lowest BCUT2D eigenvalue weighted by molar-refractivity contribution is 0.0943. The Labute approximate surface area is 149 Å². The number of carbonyl (C=O) groups is 1. The smallest absolute Gasteiger partial charge is 0.272 e. The van der Waals surface area contributed by atoms with E-state index < -0.39 is 0 Å². The van der Waals surface area contributed by atoms with E-state index in [0.717, 1.165) is 11.4 Å². The van der Waals surface area contributed by atoms with E-state index in [2.05, 4.69) is 15.4 Å². The maximum atomic E-state index is 12.2. The van der Waals surface area contributed by atoms with Gasteiger partial charge in [-0.2, -0.15) is 5.10 Å². The van der Waals surface area contributed by atoms with Crippen LogP contribution >= 0.6 is 11.3 Å². The summed E-state index contributed by atoms with van der Waals surface area (Å²) in [6.07, 6.45) is 4.20. The van der Waals surface area contributed by atoms with Crippen molar-refractivity contribution >= 4 is 17.2 Å². The van der Waals surface area contributed by atoms with E-state index in [1.54, 1.807) is 28.3 Å². The Balaban J connectivity index is 1.29. The van der Waals surface area contributed by atoms with Crippen molar-refractivity contribution in [1.29, 1.82) is 0 Å². The van der Waals surface area contributed by atoms with Crippen LogP contribution in [0.3, 0.4) is 0 Å². The number of nitrogens with zero attached hydrogens (tertiary/aromatic N) is 3. The lowest BCUT2D eigenvalue weighted by Crippen LogP contribution is -2.23. The summed E-state index contributed by atoms with van der Waals surface area (Å²) in [6.45, 7) is 0.684. The lowest BCUT2D eigenvalue weighted by Gasteiger charge is -2.05. The molecule has 1 N–H and O–H groups in total. The van der Waals surface area contributed by atoms with Gasteiger partial charge in [0.15, 0.2) is 6.73 Å². The Morgan fingerprint density at radius 1 is 1.28 bits per heavy atom. The molecule has 3 aromatic rings. The Kier molecular flexibility index (Phi) is 4.47. The molecule has 1 aromatic carbocycles. The van der Waals surface area contributed by atoms with Crippen molar-refractivity contribution in [2.45, 2.75) is 32.0 Å². The molecule has 2 heterocycles. The van der Waals surface area contributed by atoms with Gasteiger partial charge in [0.05, 0.1) is 17.2 Å². The first-order valence-corrected chi connectivity index (χ1v) is 9.10. The maximum absolute atomic E-state index is 12.2. The number of carbonyl (C=O) groups excluding carboxylic acids is 1. The van der Waals surface area contributed by atoms with E-state index in [4.69, 9.17) is 4.74 Å². The second-order valence-corrected chi connectivity index (χ2v) is 6.85. The second kappa shape index (κ2) is 7.06. The van der Waals surface area contributed by atoms with Crippen molar-refractivity contribution in [2.24, 2.45) is 0 Å². The van der Waals surface area contributed by atoms with Gasteiger partial charge < -0.3 is 10.1 Å². The fourth-order valence-corrected chi connectivity index (χ4v) is 3.39. The van der Waals surface area contributed by atoms with Crippen LogP contribution in [0.4, 0.5) is 0 Å². The Bertz CT molecular complexity index is 855. The van der Waals surface area contributed by atoms with Crippen molar-refractivity contribution in [3.05, 3.63) is 64.4 Å². The number of aromatic nitrogens is 3. The zero-order chi connectivity index (χ0) is 17.1. The van der Waals surface area contributed by atoms with Gasteiger partial charge in [0.2, 0.25) is 0 Å². The predicted molar refractivity (Wildman–Crippen MR) is 94.6 cm³/mol. The fraction of sp³-hybridized carbons (Fsp3) is 0.278. The van der Waals surface area contributed by atoms with Gasteiger partial charge in [0, 0.05) is 17.5 Å². The first-order chi connectivity index (χ1) is 12.3. The van der Waals surface area contributed by atoms with Gasteiger partial charge >= 0.3 is 0 Å². The van der Waals surface area contributed by atoms with Crippen molar-refractivity contribution in [3.8, 4) is 5.75 Å². The number of nitrogens with one attached hydrogen (secondary N) is 1. The molecule has 25 heavy (non-hydrogen) atoms. The quantitative estimate of drug-likeness (QED) is 0.707. The third kappa shape index (κ3) is 4.06. The van der Waals surface area contributed by atoms with Gasteiger partial charge in [-0.3, -0.25) is 4.79 Å². The molecule has 1 aliphatic carbocycles. The van der Waals surface area contributed by atoms with Gasteiger partial charge in [0.1, 0.15) is 11.4 Å². The minimum Gasteiger partial charge on any atom is -0.471 e. The summed E-state index contributed by atoms with van der Waals surface area (Å²) in [7, 11) is 0. The number of ether oxygens (including phenoxy) is 1. The van der Waals surface area contributed by atoms with Crippen LogP contribution in [0, 0.1) is 0 Å². The molecule has 7 heteroatoms. The van der Waals surface area contributed by atoms with Crippen molar-refractivity contribution in [1.82, 2.24) is 20.1 Å². The highest BCUT2D eigenvalue weighted by molar-refractivity contribution is 7.09. The number of thiazole rings is 1. The van der Waals surface area contributed by atoms with E-state index in [9.17, 15) is 4.79 Å².